The van der Waals surface area contributed by atoms with Crippen molar-refractivity contribution in [2.45, 2.75) is 51.0 Å². The number of ether oxygens (including phenoxy) is 1. The summed E-state index contributed by atoms with van der Waals surface area (Å²) < 4.78 is 7.19. The van der Waals surface area contributed by atoms with Gasteiger partial charge < -0.3 is 14.6 Å². The number of rotatable bonds is 5. The van der Waals surface area contributed by atoms with Gasteiger partial charge >= 0.3 is 0 Å². The van der Waals surface area contributed by atoms with Crippen molar-refractivity contribution in [2.75, 3.05) is 12.4 Å². The Bertz CT molecular complexity index is 784. The summed E-state index contributed by atoms with van der Waals surface area (Å²) in [5.41, 5.74) is 1.77. The van der Waals surface area contributed by atoms with Crippen LogP contribution in [-0.4, -0.2) is 23.6 Å². The molecule has 1 N–H and O–H groups in total. The SMILES string of the molecule is COc1ccc(NC(=O)Cc2csc(=NC3CCCCCC3)n2C)cc1. The number of aromatic nitrogens is 1. The monoisotopic (exact) mass is 373 g/mol. The molecule has 0 aliphatic heterocycles. The zero-order valence-electron chi connectivity index (χ0n) is 15.5. The standard InChI is InChI=1S/C20H27N3O2S/c1-23-17(13-19(24)21-16-9-11-18(25-2)12-10-16)14-26-20(23)22-15-7-5-3-4-6-8-15/h9-12,14-15H,3-8,13H2,1-2H3,(H,21,24). The Morgan fingerprint density at radius 2 is 1.92 bits per heavy atom. The topological polar surface area (TPSA) is 55.6 Å². The van der Waals surface area contributed by atoms with Crippen molar-refractivity contribution in [2.24, 2.45) is 12.0 Å². The van der Waals surface area contributed by atoms with Gasteiger partial charge in [-0.05, 0) is 37.1 Å². The Hall–Kier alpha value is -2.08. The number of thiazole rings is 1. The maximum Gasteiger partial charge on any atom is 0.230 e. The van der Waals surface area contributed by atoms with Gasteiger partial charge in [0, 0.05) is 23.8 Å². The minimum atomic E-state index is -0.0235. The summed E-state index contributed by atoms with van der Waals surface area (Å²) in [6.07, 6.45) is 7.94. The number of hydrogen-bond donors (Lipinski definition) is 1. The van der Waals surface area contributed by atoms with E-state index in [1.54, 1.807) is 18.4 Å². The zero-order valence-corrected chi connectivity index (χ0v) is 16.3. The highest BCUT2D eigenvalue weighted by Gasteiger charge is 2.13. The summed E-state index contributed by atoms with van der Waals surface area (Å²) in [5.74, 6) is 0.751. The third-order valence-electron chi connectivity index (χ3n) is 4.85. The summed E-state index contributed by atoms with van der Waals surface area (Å²) in [7, 11) is 3.63. The summed E-state index contributed by atoms with van der Waals surface area (Å²) >= 11 is 1.63. The minimum Gasteiger partial charge on any atom is -0.497 e. The fourth-order valence-electron chi connectivity index (χ4n) is 3.27. The summed E-state index contributed by atoms with van der Waals surface area (Å²) in [6, 6.07) is 7.80. The van der Waals surface area contributed by atoms with Gasteiger partial charge in [0.2, 0.25) is 5.91 Å². The molecule has 5 nitrogen and oxygen atoms in total. The molecule has 3 rings (SSSR count). The first-order valence-corrected chi connectivity index (χ1v) is 10.1. The third-order valence-corrected chi connectivity index (χ3v) is 5.83. The molecule has 26 heavy (non-hydrogen) atoms. The molecule has 1 fully saturated rings. The fourth-order valence-corrected chi connectivity index (χ4v) is 4.23. The molecule has 140 valence electrons. The molecule has 0 unspecified atom stereocenters. The number of carbonyl (C=O) groups excluding carboxylic acids is 1. The van der Waals surface area contributed by atoms with E-state index in [0.29, 0.717) is 12.5 Å². The van der Waals surface area contributed by atoms with E-state index in [4.69, 9.17) is 9.73 Å². The van der Waals surface area contributed by atoms with Gasteiger partial charge in [-0.2, -0.15) is 0 Å². The quantitative estimate of drug-likeness (QED) is 0.808. The van der Waals surface area contributed by atoms with Crippen LogP contribution in [0.2, 0.25) is 0 Å². The Balaban J connectivity index is 1.64. The molecule has 0 atom stereocenters. The number of nitrogens with zero attached hydrogens (tertiary/aromatic N) is 2. The predicted molar refractivity (Wildman–Crippen MR) is 106 cm³/mol. The average Bonchev–Trinajstić information content (AvgIpc) is 2.85. The van der Waals surface area contributed by atoms with Crippen molar-refractivity contribution in [1.82, 2.24) is 4.57 Å². The Morgan fingerprint density at radius 3 is 2.58 bits per heavy atom. The van der Waals surface area contributed by atoms with Crippen molar-refractivity contribution in [1.29, 1.82) is 0 Å². The normalized spacial score (nSPS) is 16.3. The van der Waals surface area contributed by atoms with E-state index in [-0.39, 0.29) is 5.91 Å². The van der Waals surface area contributed by atoms with E-state index >= 15 is 0 Å². The molecule has 0 bridgehead atoms. The van der Waals surface area contributed by atoms with Crippen molar-refractivity contribution in [3.05, 3.63) is 40.1 Å². The lowest BCUT2D eigenvalue weighted by Gasteiger charge is -2.08. The van der Waals surface area contributed by atoms with Crippen molar-refractivity contribution in [3.8, 4) is 5.75 Å². The van der Waals surface area contributed by atoms with Crippen LogP contribution in [0.3, 0.4) is 0 Å². The summed E-state index contributed by atoms with van der Waals surface area (Å²) in [4.78, 5) is 18.3. The molecule has 1 amide bonds. The van der Waals surface area contributed by atoms with Gasteiger partial charge in [-0.3, -0.25) is 9.79 Å². The molecule has 2 aromatic rings. The molecule has 1 aromatic carbocycles. The molecule has 1 aromatic heterocycles. The van der Waals surface area contributed by atoms with Crippen LogP contribution >= 0.6 is 11.3 Å². The lowest BCUT2D eigenvalue weighted by Crippen LogP contribution is -2.21. The second-order valence-electron chi connectivity index (χ2n) is 6.80. The number of amides is 1. The van der Waals surface area contributed by atoms with Gasteiger partial charge in [0.1, 0.15) is 5.75 Å². The summed E-state index contributed by atoms with van der Waals surface area (Å²) in [5, 5.41) is 4.98. The largest absolute Gasteiger partial charge is 0.497 e. The van der Waals surface area contributed by atoms with Crippen LogP contribution in [0.1, 0.15) is 44.2 Å². The number of hydrogen-bond acceptors (Lipinski definition) is 4. The van der Waals surface area contributed by atoms with E-state index in [1.165, 1.54) is 38.5 Å². The van der Waals surface area contributed by atoms with Gasteiger partial charge in [0.25, 0.3) is 0 Å². The molecule has 0 spiro atoms. The molecular formula is C20H27N3O2S. The molecule has 0 radical (unpaired) electrons. The first kappa shape index (κ1) is 18.7. The highest BCUT2D eigenvalue weighted by Crippen LogP contribution is 2.19. The molecule has 1 saturated carbocycles. The minimum absolute atomic E-state index is 0.0235. The highest BCUT2D eigenvalue weighted by atomic mass is 32.1. The number of methoxy groups -OCH3 is 1. The van der Waals surface area contributed by atoms with Gasteiger partial charge in [0.05, 0.1) is 19.6 Å². The second kappa shape index (κ2) is 9.03. The van der Waals surface area contributed by atoms with Gasteiger partial charge in [-0.15, -0.1) is 11.3 Å². The van der Waals surface area contributed by atoms with Crippen LogP contribution in [0.15, 0.2) is 34.6 Å². The van der Waals surface area contributed by atoms with E-state index in [2.05, 4.69) is 9.88 Å². The van der Waals surface area contributed by atoms with Crippen LogP contribution in [0.4, 0.5) is 5.69 Å². The number of benzene rings is 1. The maximum absolute atomic E-state index is 12.4. The van der Waals surface area contributed by atoms with Gasteiger partial charge in [0.15, 0.2) is 4.80 Å². The maximum atomic E-state index is 12.4. The lowest BCUT2D eigenvalue weighted by molar-refractivity contribution is -0.115. The molecule has 6 heteroatoms. The summed E-state index contributed by atoms with van der Waals surface area (Å²) in [6.45, 7) is 0. The fraction of sp³-hybridized carbons (Fsp3) is 0.500. The first-order chi connectivity index (χ1) is 12.7. The molecule has 1 heterocycles. The smallest absolute Gasteiger partial charge is 0.230 e. The number of anilines is 1. The first-order valence-electron chi connectivity index (χ1n) is 9.27. The Labute approximate surface area is 158 Å². The third kappa shape index (κ3) is 4.97. The lowest BCUT2D eigenvalue weighted by atomic mass is 10.1. The van der Waals surface area contributed by atoms with Gasteiger partial charge in [-0.25, -0.2) is 0 Å². The average molecular weight is 374 g/mol. The predicted octanol–water partition coefficient (Wildman–Crippen LogP) is 3.90. The van der Waals surface area contributed by atoms with E-state index in [1.807, 2.05) is 36.7 Å². The molecule has 0 saturated heterocycles. The van der Waals surface area contributed by atoms with E-state index < -0.39 is 0 Å². The van der Waals surface area contributed by atoms with Crippen molar-refractivity contribution in [3.63, 3.8) is 0 Å². The number of nitrogens with one attached hydrogen (secondary N) is 1. The number of carbonyl (C=O) groups is 1. The zero-order chi connectivity index (χ0) is 18.4. The molecule has 1 aliphatic rings. The Kier molecular flexibility index (Phi) is 6.50. The van der Waals surface area contributed by atoms with Crippen molar-refractivity contribution < 1.29 is 9.53 Å². The van der Waals surface area contributed by atoms with E-state index in [9.17, 15) is 4.79 Å². The van der Waals surface area contributed by atoms with Gasteiger partial charge in [-0.1, -0.05) is 25.7 Å². The van der Waals surface area contributed by atoms with E-state index in [0.717, 1.165) is 21.9 Å². The highest BCUT2D eigenvalue weighted by molar-refractivity contribution is 7.07. The van der Waals surface area contributed by atoms with Crippen LogP contribution in [0.5, 0.6) is 5.75 Å². The molecular weight excluding hydrogens is 346 g/mol. The Morgan fingerprint density at radius 1 is 1.23 bits per heavy atom. The molecule has 1 aliphatic carbocycles. The van der Waals surface area contributed by atoms with Crippen LogP contribution < -0.4 is 14.9 Å². The van der Waals surface area contributed by atoms with Crippen LogP contribution in [-0.2, 0) is 18.3 Å². The van der Waals surface area contributed by atoms with Crippen molar-refractivity contribution >= 4 is 22.9 Å². The van der Waals surface area contributed by atoms with Crippen LogP contribution in [0, 0.1) is 0 Å². The van der Waals surface area contributed by atoms with Crippen LogP contribution in [0.25, 0.3) is 0 Å². The second-order valence-corrected chi connectivity index (χ2v) is 7.63.